The first-order valence-corrected chi connectivity index (χ1v) is 17.2. The van der Waals surface area contributed by atoms with Crippen LogP contribution in [0.5, 0.6) is 0 Å². The molecule has 4 aromatic rings. The number of nitrogens with zero attached hydrogens (tertiary/aromatic N) is 3. The predicted octanol–water partition coefficient (Wildman–Crippen LogP) is 9.24. The highest BCUT2D eigenvalue weighted by Gasteiger charge is 2.41. The Balaban J connectivity index is 1.61. The van der Waals surface area contributed by atoms with Crippen LogP contribution >= 0.6 is 11.6 Å². The van der Waals surface area contributed by atoms with E-state index in [0.717, 1.165) is 16.7 Å². The molecular weight excluding hydrogens is 564 g/mol. The second kappa shape index (κ2) is 12.6. The number of carbonyl (C=O) groups excluding carboxylic acids is 1. The lowest BCUT2D eigenvalue weighted by atomic mass is 9.92. The topological polar surface area (TPSA) is 81.6 Å². The summed E-state index contributed by atoms with van der Waals surface area (Å²) in [6.45, 7) is 22.5. The number of carbonyl (C=O) groups is 1. The molecule has 1 heterocycles. The molecule has 1 N–H and O–H groups in total. The average molecular weight is 601 g/mol. The van der Waals surface area contributed by atoms with Crippen LogP contribution in [-0.2, 0) is 10.8 Å². The molecule has 0 aliphatic rings. The summed E-state index contributed by atoms with van der Waals surface area (Å²) in [5, 5.41) is 12.2. The molecule has 0 aliphatic carbocycles. The molecule has 4 rings (SSSR count). The largest absolute Gasteiger partial charge is 0.420 e. The molecule has 0 bridgehead atoms. The van der Waals surface area contributed by atoms with Crippen molar-refractivity contribution in [2.24, 2.45) is 0 Å². The first kappa shape index (κ1) is 31.2. The van der Waals surface area contributed by atoms with Crippen LogP contribution in [0.25, 0.3) is 16.3 Å². The summed E-state index contributed by atoms with van der Waals surface area (Å²) in [6, 6.07) is 20.1. The van der Waals surface area contributed by atoms with Gasteiger partial charge in [0.2, 0.25) is 17.5 Å². The molecule has 0 spiro atoms. The first-order valence-electron chi connectivity index (χ1n) is 13.9. The van der Waals surface area contributed by atoms with Crippen molar-refractivity contribution in [3.63, 3.8) is 0 Å². The van der Waals surface area contributed by atoms with Crippen molar-refractivity contribution in [3.8, 4) is 11.5 Å². The fourth-order valence-corrected chi connectivity index (χ4v) is 6.10. The zero-order valence-corrected chi connectivity index (χ0v) is 26.9. The van der Waals surface area contributed by atoms with Gasteiger partial charge in [0.15, 0.2) is 8.32 Å². The van der Waals surface area contributed by atoms with E-state index < -0.39 is 8.32 Å². The van der Waals surface area contributed by atoms with Crippen molar-refractivity contribution in [2.45, 2.75) is 71.2 Å². The molecule has 218 valence electrons. The van der Waals surface area contributed by atoms with Crippen LogP contribution in [0.1, 0.15) is 61.0 Å². The highest BCUT2D eigenvalue weighted by Crippen LogP contribution is 2.40. The highest BCUT2D eigenvalue weighted by molar-refractivity contribution is 6.74. The Kier molecular flexibility index (Phi) is 9.36. The average Bonchev–Trinajstić information content (AvgIpc) is 3.43. The van der Waals surface area contributed by atoms with E-state index in [-0.39, 0.29) is 23.0 Å². The van der Waals surface area contributed by atoms with Crippen LogP contribution < -0.4 is 5.32 Å². The molecule has 0 fully saturated rings. The number of amides is 1. The van der Waals surface area contributed by atoms with Crippen LogP contribution in [0.15, 0.2) is 71.1 Å². The lowest BCUT2D eigenvalue weighted by molar-refractivity contribution is 0.102. The number of anilines is 1. The molecule has 0 aliphatic heterocycles. The summed E-state index contributed by atoms with van der Waals surface area (Å²) in [6.07, 6.45) is 0.347. The van der Waals surface area contributed by atoms with Crippen LogP contribution in [0.2, 0.25) is 23.2 Å². The fourth-order valence-electron chi connectivity index (χ4n) is 4.42. The fraction of sp³-hybridized carbons (Fsp3) is 0.333. The zero-order chi connectivity index (χ0) is 30.7. The smallest absolute Gasteiger partial charge is 0.255 e. The van der Waals surface area contributed by atoms with E-state index in [4.69, 9.17) is 27.0 Å². The molecule has 7 nitrogen and oxygen atoms in total. The van der Waals surface area contributed by atoms with E-state index in [1.807, 2.05) is 55.5 Å². The molecule has 3 aromatic carbocycles. The first-order chi connectivity index (χ1) is 19.8. The number of hydrogen-bond acceptors (Lipinski definition) is 5. The second-order valence-electron chi connectivity index (χ2n) is 12.0. The van der Waals surface area contributed by atoms with Gasteiger partial charge in [-0.2, -0.15) is 0 Å². The standard InChI is InChI=1S/C33H37ClN4O3Si/c1-21-25(16-19-28(35-6)29(21)34)20-27(22(2)41-42(7,8)33(3,4)5)32-38-37-31(40-32)24-14-17-26(18-15-24)36-30(39)23-12-10-9-11-13-23/h9-19,22,27H,20H2,1-5,7-8H3,(H,36,39)/t22-,27-/m1/s1. The molecule has 42 heavy (non-hydrogen) atoms. The Hall–Kier alpha value is -3.77. The molecule has 2 atom stereocenters. The van der Waals surface area contributed by atoms with Gasteiger partial charge in [-0.25, -0.2) is 4.85 Å². The van der Waals surface area contributed by atoms with Gasteiger partial charge >= 0.3 is 0 Å². The minimum absolute atomic E-state index is 0.0278. The summed E-state index contributed by atoms with van der Waals surface area (Å²) in [5.74, 6) is 0.441. The molecule has 1 aromatic heterocycles. The van der Waals surface area contributed by atoms with Gasteiger partial charge in [-0.3, -0.25) is 4.79 Å². The SMILES string of the molecule is [C-]#[N+]c1ccc(C[C@@H](c2nnc(-c3ccc(NC(=O)c4ccccc4)cc3)o2)[C@@H](C)O[Si](C)(C)C(C)(C)C)c(C)c1Cl. The van der Waals surface area contributed by atoms with Crippen molar-refractivity contribution >= 4 is 37.2 Å². The molecular formula is C33H37ClN4O3Si. The third-order valence-corrected chi connectivity index (χ3v) is 13.1. The number of benzene rings is 3. The van der Waals surface area contributed by atoms with Gasteiger partial charge in [0.1, 0.15) is 0 Å². The minimum Gasteiger partial charge on any atom is -0.420 e. The summed E-state index contributed by atoms with van der Waals surface area (Å²) < 4.78 is 13.1. The molecule has 0 radical (unpaired) electrons. The highest BCUT2D eigenvalue weighted by atomic mass is 35.5. The van der Waals surface area contributed by atoms with Crippen LogP contribution in [0, 0.1) is 13.5 Å². The van der Waals surface area contributed by atoms with Crippen molar-refractivity contribution in [2.75, 3.05) is 5.32 Å². The number of rotatable bonds is 9. The van der Waals surface area contributed by atoms with Crippen molar-refractivity contribution in [1.82, 2.24) is 10.2 Å². The Bertz CT molecular complexity index is 1590. The maximum absolute atomic E-state index is 12.5. The third-order valence-electron chi connectivity index (χ3n) is 8.08. The summed E-state index contributed by atoms with van der Waals surface area (Å²) >= 11 is 6.52. The van der Waals surface area contributed by atoms with Gasteiger partial charge in [0.25, 0.3) is 5.91 Å². The summed E-state index contributed by atoms with van der Waals surface area (Å²) in [7, 11) is -2.11. The van der Waals surface area contributed by atoms with Gasteiger partial charge < -0.3 is 14.2 Å². The molecule has 0 saturated heterocycles. The number of halogens is 1. The lowest BCUT2D eigenvalue weighted by Crippen LogP contribution is -2.44. The number of nitrogens with one attached hydrogen (secondary N) is 1. The second-order valence-corrected chi connectivity index (χ2v) is 17.2. The number of hydrogen-bond donors (Lipinski definition) is 1. The Morgan fingerprint density at radius 3 is 2.36 bits per heavy atom. The third kappa shape index (κ3) is 6.98. The van der Waals surface area contributed by atoms with E-state index in [0.29, 0.717) is 40.2 Å². The Morgan fingerprint density at radius 1 is 1.07 bits per heavy atom. The monoisotopic (exact) mass is 600 g/mol. The Labute approximate surface area is 254 Å². The van der Waals surface area contributed by atoms with Gasteiger partial charge in [-0.1, -0.05) is 62.7 Å². The van der Waals surface area contributed by atoms with Gasteiger partial charge in [-0.15, -0.1) is 10.2 Å². The van der Waals surface area contributed by atoms with Gasteiger partial charge in [0.05, 0.1) is 23.6 Å². The maximum Gasteiger partial charge on any atom is 0.255 e. The van der Waals surface area contributed by atoms with Crippen molar-refractivity contribution in [1.29, 1.82) is 0 Å². The number of aromatic nitrogens is 2. The quantitative estimate of drug-likeness (QED) is 0.153. The van der Waals surface area contributed by atoms with Crippen molar-refractivity contribution < 1.29 is 13.6 Å². The Morgan fingerprint density at radius 2 is 1.74 bits per heavy atom. The zero-order valence-electron chi connectivity index (χ0n) is 25.2. The summed E-state index contributed by atoms with van der Waals surface area (Å²) in [5.41, 5.74) is 4.29. The lowest BCUT2D eigenvalue weighted by Gasteiger charge is -2.40. The van der Waals surface area contributed by atoms with Gasteiger partial charge in [-0.05, 0) is 85.9 Å². The van der Waals surface area contributed by atoms with E-state index >= 15 is 0 Å². The molecule has 0 unspecified atom stereocenters. The van der Waals surface area contributed by atoms with Gasteiger partial charge in [0, 0.05) is 16.8 Å². The van der Waals surface area contributed by atoms with E-state index in [1.54, 1.807) is 18.2 Å². The minimum atomic E-state index is -2.11. The molecule has 0 saturated carbocycles. The predicted molar refractivity (Wildman–Crippen MR) is 171 cm³/mol. The van der Waals surface area contributed by atoms with Crippen molar-refractivity contribution in [3.05, 3.63) is 106 Å². The summed E-state index contributed by atoms with van der Waals surface area (Å²) in [4.78, 5) is 16.0. The van der Waals surface area contributed by atoms with Crippen LogP contribution in [-0.4, -0.2) is 30.5 Å². The van der Waals surface area contributed by atoms with E-state index in [2.05, 4.69) is 61.1 Å². The normalized spacial score (nSPS) is 13.3. The van der Waals surface area contributed by atoms with Crippen LogP contribution in [0.4, 0.5) is 11.4 Å². The molecule has 1 amide bonds. The van der Waals surface area contributed by atoms with E-state index in [9.17, 15) is 4.79 Å². The van der Waals surface area contributed by atoms with E-state index in [1.165, 1.54) is 0 Å². The van der Waals surface area contributed by atoms with Crippen LogP contribution in [0.3, 0.4) is 0 Å². The molecule has 9 heteroatoms. The maximum atomic E-state index is 12.5.